The summed E-state index contributed by atoms with van der Waals surface area (Å²) in [5, 5.41) is 2.63. The normalized spacial score (nSPS) is 15.3. The molecule has 3 nitrogen and oxygen atoms in total. The molecule has 0 bridgehead atoms. The Bertz CT molecular complexity index is 846. The Kier molecular flexibility index (Phi) is 4.29. The zero-order chi connectivity index (χ0) is 16.7. The van der Waals surface area contributed by atoms with Gasteiger partial charge in [-0.1, -0.05) is 46.7 Å². The average molecular weight is 378 g/mol. The van der Waals surface area contributed by atoms with E-state index in [1.165, 1.54) is 11.3 Å². The van der Waals surface area contributed by atoms with Crippen molar-refractivity contribution in [2.45, 2.75) is 6.92 Å². The summed E-state index contributed by atoms with van der Waals surface area (Å²) in [5.41, 5.74) is 3.39. The van der Waals surface area contributed by atoms with Gasteiger partial charge in [-0.3, -0.25) is 0 Å². The van der Waals surface area contributed by atoms with E-state index in [0.717, 1.165) is 51.6 Å². The molecule has 3 aromatic rings. The first-order chi connectivity index (χ1) is 11.6. The number of halogens is 2. The molecule has 0 unspecified atom stereocenters. The maximum Gasteiger partial charge on any atom is 0.186 e. The first-order valence-corrected chi connectivity index (χ1v) is 9.50. The molecule has 0 spiro atoms. The second-order valence-corrected chi connectivity index (χ2v) is 7.81. The molecule has 2 heterocycles. The van der Waals surface area contributed by atoms with Gasteiger partial charge in [0.05, 0.1) is 15.2 Å². The number of fused-ring (bicyclic) bond motifs is 1. The summed E-state index contributed by atoms with van der Waals surface area (Å²) in [6.45, 7) is 5.90. The number of hydrogen-bond donors (Lipinski definition) is 0. The predicted molar refractivity (Wildman–Crippen MR) is 105 cm³/mol. The third kappa shape index (κ3) is 2.94. The summed E-state index contributed by atoms with van der Waals surface area (Å²) in [7, 11) is 0. The van der Waals surface area contributed by atoms with E-state index in [1.54, 1.807) is 11.3 Å². The molecular weight excluding hydrogens is 361 g/mol. The maximum absolute atomic E-state index is 6.33. The van der Waals surface area contributed by atoms with E-state index in [2.05, 4.69) is 22.8 Å². The first-order valence-electron chi connectivity index (χ1n) is 7.93. The standard InChI is InChI=1S/C18H17Cl2N3S/c1-12-5-6-15(20)17-16(12)21-18(24-17)23-9-7-22(8-10-23)14-4-2-3-13(19)11-14/h2-6,11H,7-10H2,1H3. The molecule has 1 aliphatic rings. The molecule has 24 heavy (non-hydrogen) atoms. The van der Waals surface area contributed by atoms with Gasteiger partial charge < -0.3 is 9.80 Å². The molecule has 0 N–H and O–H groups in total. The van der Waals surface area contributed by atoms with Crippen LogP contribution in [0.5, 0.6) is 0 Å². The van der Waals surface area contributed by atoms with Crippen LogP contribution in [0.3, 0.4) is 0 Å². The molecule has 2 aromatic carbocycles. The molecule has 124 valence electrons. The van der Waals surface area contributed by atoms with Gasteiger partial charge in [0.1, 0.15) is 0 Å². The van der Waals surface area contributed by atoms with Crippen molar-refractivity contribution in [2.24, 2.45) is 0 Å². The van der Waals surface area contributed by atoms with Crippen molar-refractivity contribution in [1.82, 2.24) is 4.98 Å². The summed E-state index contributed by atoms with van der Waals surface area (Å²) in [6.07, 6.45) is 0. The van der Waals surface area contributed by atoms with Gasteiger partial charge in [-0.15, -0.1) is 0 Å². The Morgan fingerprint density at radius 2 is 1.75 bits per heavy atom. The summed E-state index contributed by atoms with van der Waals surface area (Å²) in [4.78, 5) is 9.55. The quantitative estimate of drug-likeness (QED) is 0.608. The highest BCUT2D eigenvalue weighted by Crippen LogP contribution is 2.36. The van der Waals surface area contributed by atoms with E-state index in [4.69, 9.17) is 28.2 Å². The van der Waals surface area contributed by atoms with Crippen molar-refractivity contribution in [3.05, 3.63) is 52.0 Å². The van der Waals surface area contributed by atoms with Gasteiger partial charge in [0.15, 0.2) is 5.13 Å². The van der Waals surface area contributed by atoms with Crippen molar-refractivity contribution < 1.29 is 0 Å². The third-order valence-corrected chi connectivity index (χ3v) is 6.22. The van der Waals surface area contributed by atoms with Gasteiger partial charge in [-0.25, -0.2) is 4.98 Å². The molecule has 1 aliphatic heterocycles. The zero-order valence-electron chi connectivity index (χ0n) is 13.3. The van der Waals surface area contributed by atoms with Gasteiger partial charge >= 0.3 is 0 Å². The Morgan fingerprint density at radius 3 is 2.46 bits per heavy atom. The molecule has 1 aromatic heterocycles. The minimum Gasteiger partial charge on any atom is -0.368 e. The van der Waals surface area contributed by atoms with E-state index >= 15 is 0 Å². The second-order valence-electron chi connectivity index (χ2n) is 5.99. The van der Waals surface area contributed by atoms with Crippen molar-refractivity contribution in [2.75, 3.05) is 36.0 Å². The lowest BCUT2D eigenvalue weighted by molar-refractivity contribution is 0.652. The highest BCUT2D eigenvalue weighted by Gasteiger charge is 2.21. The number of rotatable bonds is 2. The van der Waals surface area contributed by atoms with Gasteiger partial charge in [0, 0.05) is 36.9 Å². The van der Waals surface area contributed by atoms with Gasteiger partial charge in [0.25, 0.3) is 0 Å². The Labute approximate surface area is 155 Å². The van der Waals surface area contributed by atoms with Crippen LogP contribution in [0.2, 0.25) is 10.0 Å². The first kappa shape index (κ1) is 16.0. The van der Waals surface area contributed by atoms with Gasteiger partial charge in [0.2, 0.25) is 0 Å². The monoisotopic (exact) mass is 377 g/mol. The van der Waals surface area contributed by atoms with Crippen LogP contribution in [0.4, 0.5) is 10.8 Å². The highest BCUT2D eigenvalue weighted by molar-refractivity contribution is 7.22. The SMILES string of the molecule is Cc1ccc(Cl)c2sc(N3CCN(c4cccc(Cl)c4)CC3)nc12. The van der Waals surface area contributed by atoms with Crippen LogP contribution in [0.15, 0.2) is 36.4 Å². The largest absolute Gasteiger partial charge is 0.368 e. The molecule has 4 rings (SSSR count). The van der Waals surface area contributed by atoms with Crippen molar-refractivity contribution >= 4 is 55.6 Å². The molecule has 1 saturated heterocycles. The number of anilines is 2. The smallest absolute Gasteiger partial charge is 0.186 e. The number of piperazine rings is 1. The lowest BCUT2D eigenvalue weighted by atomic mass is 10.2. The molecule has 1 fully saturated rings. The van der Waals surface area contributed by atoms with Crippen LogP contribution in [0, 0.1) is 6.92 Å². The van der Waals surface area contributed by atoms with Crippen LogP contribution in [-0.2, 0) is 0 Å². The maximum atomic E-state index is 6.33. The van der Waals surface area contributed by atoms with Gasteiger partial charge in [-0.2, -0.15) is 0 Å². The number of hydrogen-bond acceptors (Lipinski definition) is 4. The summed E-state index contributed by atoms with van der Waals surface area (Å²) in [6, 6.07) is 12.0. The molecule has 0 aliphatic carbocycles. The Morgan fingerprint density at radius 1 is 1.00 bits per heavy atom. The van der Waals surface area contributed by atoms with Crippen LogP contribution in [0.1, 0.15) is 5.56 Å². The molecular formula is C18H17Cl2N3S. The Hall–Kier alpha value is -1.49. The van der Waals surface area contributed by atoms with E-state index in [1.807, 2.05) is 30.3 Å². The van der Waals surface area contributed by atoms with Crippen molar-refractivity contribution in [3.63, 3.8) is 0 Å². The highest BCUT2D eigenvalue weighted by atomic mass is 35.5. The summed E-state index contributed by atoms with van der Waals surface area (Å²) >= 11 is 14.1. The fraction of sp³-hybridized carbons (Fsp3) is 0.278. The molecule has 0 saturated carbocycles. The predicted octanol–water partition coefficient (Wildman–Crippen LogP) is 5.24. The van der Waals surface area contributed by atoms with Crippen LogP contribution < -0.4 is 9.80 Å². The minimum absolute atomic E-state index is 0.784. The lowest BCUT2D eigenvalue weighted by Crippen LogP contribution is -2.46. The van der Waals surface area contributed by atoms with Crippen LogP contribution in [0.25, 0.3) is 10.2 Å². The molecule has 0 amide bonds. The van der Waals surface area contributed by atoms with E-state index in [0.29, 0.717) is 0 Å². The number of benzene rings is 2. The Balaban J connectivity index is 1.54. The minimum atomic E-state index is 0.784. The van der Waals surface area contributed by atoms with E-state index in [-0.39, 0.29) is 0 Å². The third-order valence-electron chi connectivity index (χ3n) is 4.41. The second kappa shape index (κ2) is 6.43. The number of nitrogens with zero attached hydrogens (tertiary/aromatic N) is 3. The van der Waals surface area contributed by atoms with Gasteiger partial charge in [-0.05, 0) is 36.8 Å². The molecule has 0 radical (unpaired) electrons. The fourth-order valence-electron chi connectivity index (χ4n) is 3.05. The summed E-state index contributed by atoms with van der Waals surface area (Å²) in [5.74, 6) is 0. The van der Waals surface area contributed by atoms with Crippen molar-refractivity contribution in [3.8, 4) is 0 Å². The number of aryl methyl sites for hydroxylation is 1. The topological polar surface area (TPSA) is 19.4 Å². The number of thiazole rings is 1. The molecule has 0 atom stereocenters. The van der Waals surface area contributed by atoms with Crippen LogP contribution in [-0.4, -0.2) is 31.2 Å². The van der Waals surface area contributed by atoms with Crippen molar-refractivity contribution in [1.29, 1.82) is 0 Å². The average Bonchev–Trinajstić information content (AvgIpc) is 3.05. The zero-order valence-corrected chi connectivity index (χ0v) is 15.6. The molecule has 6 heteroatoms. The van der Waals surface area contributed by atoms with Crippen LogP contribution >= 0.6 is 34.5 Å². The van der Waals surface area contributed by atoms with E-state index < -0.39 is 0 Å². The summed E-state index contributed by atoms with van der Waals surface area (Å²) < 4.78 is 1.09. The van der Waals surface area contributed by atoms with E-state index in [9.17, 15) is 0 Å². The fourth-order valence-corrected chi connectivity index (χ4v) is 4.61. The number of aromatic nitrogens is 1. The lowest BCUT2D eigenvalue weighted by Gasteiger charge is -2.36.